The molecule has 1 amide bonds. The molecule has 0 bridgehead atoms. The summed E-state index contributed by atoms with van der Waals surface area (Å²) in [6, 6.07) is 8.23. The van der Waals surface area contributed by atoms with Gasteiger partial charge in [0.1, 0.15) is 12.4 Å². The monoisotopic (exact) mass is 360 g/mol. The molecule has 0 heterocycles. The summed E-state index contributed by atoms with van der Waals surface area (Å²) in [5, 5.41) is 9.36. The average Bonchev–Trinajstić information content (AvgIpc) is 3.47. The van der Waals surface area contributed by atoms with Gasteiger partial charge in [-0.25, -0.2) is 0 Å². The summed E-state index contributed by atoms with van der Waals surface area (Å²) < 4.78 is 5.76. The lowest BCUT2D eigenvalue weighted by Crippen LogP contribution is -2.40. The van der Waals surface area contributed by atoms with Crippen LogP contribution in [0.3, 0.4) is 0 Å². The second-order valence-electron chi connectivity index (χ2n) is 6.82. The van der Waals surface area contributed by atoms with Crippen LogP contribution < -0.4 is 20.7 Å². The smallest absolute Gasteiger partial charge is 0.223 e. The van der Waals surface area contributed by atoms with Gasteiger partial charge in [0, 0.05) is 19.0 Å². The molecule has 0 radical (unpaired) electrons. The molecule has 0 unspecified atom stereocenters. The normalized spacial score (nSPS) is 14.2. The fourth-order valence-corrected chi connectivity index (χ4v) is 2.47. The van der Waals surface area contributed by atoms with Crippen molar-refractivity contribution in [2.45, 2.75) is 39.5 Å². The zero-order valence-electron chi connectivity index (χ0n) is 16.2. The van der Waals surface area contributed by atoms with Gasteiger partial charge < -0.3 is 20.7 Å². The van der Waals surface area contributed by atoms with E-state index in [1.165, 1.54) is 5.56 Å². The predicted molar refractivity (Wildman–Crippen MR) is 106 cm³/mol. The van der Waals surface area contributed by atoms with Crippen LogP contribution in [0.5, 0.6) is 5.75 Å². The van der Waals surface area contributed by atoms with E-state index in [-0.39, 0.29) is 11.8 Å². The predicted octanol–water partition coefficient (Wildman–Crippen LogP) is 2.27. The highest BCUT2D eigenvalue weighted by Crippen LogP contribution is 2.28. The number of amides is 1. The van der Waals surface area contributed by atoms with E-state index in [1.54, 1.807) is 0 Å². The summed E-state index contributed by atoms with van der Waals surface area (Å²) in [5.74, 6) is 2.55. The van der Waals surface area contributed by atoms with E-state index in [4.69, 9.17) is 4.74 Å². The van der Waals surface area contributed by atoms with Crippen molar-refractivity contribution in [3.05, 3.63) is 29.8 Å². The zero-order chi connectivity index (χ0) is 18.8. The Bertz CT molecular complexity index is 580. The maximum Gasteiger partial charge on any atom is 0.223 e. The molecule has 1 fully saturated rings. The van der Waals surface area contributed by atoms with Gasteiger partial charge in [-0.2, -0.15) is 0 Å². The van der Waals surface area contributed by atoms with Crippen LogP contribution in [0.1, 0.15) is 45.1 Å². The van der Waals surface area contributed by atoms with Crippen molar-refractivity contribution in [1.29, 1.82) is 0 Å². The van der Waals surface area contributed by atoms with Gasteiger partial charge in [0.15, 0.2) is 5.96 Å². The molecule has 26 heavy (non-hydrogen) atoms. The van der Waals surface area contributed by atoms with E-state index in [0.717, 1.165) is 31.1 Å². The molecule has 0 aromatic heterocycles. The number of benzene rings is 1. The maximum absolute atomic E-state index is 11.6. The molecule has 0 aliphatic heterocycles. The van der Waals surface area contributed by atoms with E-state index in [9.17, 15) is 4.79 Å². The summed E-state index contributed by atoms with van der Waals surface area (Å²) in [6.07, 6.45) is 2.05. The number of carbonyl (C=O) groups is 1. The van der Waals surface area contributed by atoms with Gasteiger partial charge in [-0.3, -0.25) is 9.79 Å². The van der Waals surface area contributed by atoms with Crippen molar-refractivity contribution in [2.24, 2.45) is 10.9 Å². The number of nitrogens with zero attached hydrogens (tertiary/aromatic N) is 1. The first-order chi connectivity index (χ1) is 12.6. The molecule has 0 spiro atoms. The SMILES string of the molecule is CCNC(=NCCNC(=O)C1CC1)NCCOc1ccc(C(C)C)cc1. The van der Waals surface area contributed by atoms with Gasteiger partial charge in [-0.15, -0.1) is 0 Å². The molecule has 1 aromatic rings. The van der Waals surface area contributed by atoms with Gasteiger partial charge in [-0.1, -0.05) is 26.0 Å². The lowest BCUT2D eigenvalue weighted by atomic mass is 10.0. The minimum Gasteiger partial charge on any atom is -0.492 e. The summed E-state index contributed by atoms with van der Waals surface area (Å²) in [5.41, 5.74) is 1.31. The van der Waals surface area contributed by atoms with E-state index in [2.05, 4.69) is 46.9 Å². The second-order valence-corrected chi connectivity index (χ2v) is 6.82. The summed E-state index contributed by atoms with van der Waals surface area (Å²) >= 11 is 0. The average molecular weight is 361 g/mol. The van der Waals surface area contributed by atoms with Crippen LogP contribution in [0.4, 0.5) is 0 Å². The number of carbonyl (C=O) groups excluding carboxylic acids is 1. The van der Waals surface area contributed by atoms with Gasteiger partial charge >= 0.3 is 0 Å². The number of aliphatic imine (C=N–C) groups is 1. The molecular weight excluding hydrogens is 328 g/mol. The Kier molecular flexibility index (Phi) is 8.25. The largest absolute Gasteiger partial charge is 0.492 e. The first kappa shape index (κ1) is 20.1. The van der Waals surface area contributed by atoms with Gasteiger partial charge in [-0.05, 0) is 43.4 Å². The van der Waals surface area contributed by atoms with E-state index in [0.29, 0.717) is 32.2 Å². The lowest BCUT2D eigenvalue weighted by Gasteiger charge is -2.13. The molecule has 1 aliphatic rings. The lowest BCUT2D eigenvalue weighted by molar-refractivity contribution is -0.122. The number of hydrogen-bond acceptors (Lipinski definition) is 3. The van der Waals surface area contributed by atoms with Gasteiger partial charge in [0.25, 0.3) is 0 Å². The van der Waals surface area contributed by atoms with Crippen molar-refractivity contribution >= 4 is 11.9 Å². The topological polar surface area (TPSA) is 74.8 Å². The Labute approximate surface area is 156 Å². The highest BCUT2D eigenvalue weighted by atomic mass is 16.5. The van der Waals surface area contributed by atoms with Crippen molar-refractivity contribution in [1.82, 2.24) is 16.0 Å². The van der Waals surface area contributed by atoms with Gasteiger partial charge in [0.05, 0.1) is 13.1 Å². The van der Waals surface area contributed by atoms with Crippen molar-refractivity contribution < 1.29 is 9.53 Å². The number of hydrogen-bond donors (Lipinski definition) is 3. The molecule has 144 valence electrons. The molecule has 6 heteroatoms. The first-order valence-electron chi connectivity index (χ1n) is 9.62. The zero-order valence-corrected chi connectivity index (χ0v) is 16.2. The van der Waals surface area contributed by atoms with Crippen LogP contribution in [-0.4, -0.2) is 44.7 Å². The Hall–Kier alpha value is -2.24. The quantitative estimate of drug-likeness (QED) is 0.340. The molecule has 2 rings (SSSR count). The highest BCUT2D eigenvalue weighted by molar-refractivity contribution is 5.81. The Balaban J connectivity index is 1.64. The fourth-order valence-electron chi connectivity index (χ4n) is 2.47. The molecule has 6 nitrogen and oxygen atoms in total. The third-order valence-corrected chi connectivity index (χ3v) is 4.18. The van der Waals surface area contributed by atoms with Gasteiger partial charge in [0.2, 0.25) is 5.91 Å². The number of nitrogens with one attached hydrogen (secondary N) is 3. The number of rotatable bonds is 10. The van der Waals surface area contributed by atoms with Crippen LogP contribution in [0.2, 0.25) is 0 Å². The van der Waals surface area contributed by atoms with Crippen LogP contribution in [-0.2, 0) is 4.79 Å². The second kappa shape index (κ2) is 10.7. The Morgan fingerprint density at radius 2 is 1.88 bits per heavy atom. The third-order valence-electron chi connectivity index (χ3n) is 4.18. The molecule has 1 saturated carbocycles. The van der Waals surface area contributed by atoms with Crippen LogP contribution >= 0.6 is 0 Å². The van der Waals surface area contributed by atoms with E-state index < -0.39 is 0 Å². The molecule has 1 aromatic carbocycles. The summed E-state index contributed by atoms with van der Waals surface area (Å²) in [4.78, 5) is 16.0. The van der Waals surface area contributed by atoms with Crippen molar-refractivity contribution in [3.63, 3.8) is 0 Å². The molecule has 0 saturated heterocycles. The van der Waals surface area contributed by atoms with E-state index >= 15 is 0 Å². The highest BCUT2D eigenvalue weighted by Gasteiger charge is 2.28. The maximum atomic E-state index is 11.6. The molecular formula is C20H32N4O2. The third kappa shape index (κ3) is 7.33. The summed E-state index contributed by atoms with van der Waals surface area (Å²) in [6.45, 7) is 9.53. The van der Waals surface area contributed by atoms with Crippen LogP contribution in [0.15, 0.2) is 29.3 Å². The van der Waals surface area contributed by atoms with Crippen molar-refractivity contribution in [2.75, 3.05) is 32.8 Å². The summed E-state index contributed by atoms with van der Waals surface area (Å²) in [7, 11) is 0. The Morgan fingerprint density at radius 3 is 2.50 bits per heavy atom. The molecule has 0 atom stereocenters. The standard InChI is InChI=1S/C20H32N4O2/c1-4-21-20(23-12-11-22-19(25)17-5-6-17)24-13-14-26-18-9-7-16(8-10-18)15(2)3/h7-10,15,17H,4-6,11-14H2,1-3H3,(H,22,25)(H2,21,23,24). The van der Waals surface area contributed by atoms with Crippen molar-refractivity contribution in [3.8, 4) is 5.75 Å². The minimum atomic E-state index is 0.162. The number of guanidine groups is 1. The van der Waals surface area contributed by atoms with Crippen LogP contribution in [0, 0.1) is 5.92 Å². The Morgan fingerprint density at radius 1 is 1.15 bits per heavy atom. The fraction of sp³-hybridized carbons (Fsp3) is 0.600. The first-order valence-corrected chi connectivity index (χ1v) is 9.62. The molecule has 3 N–H and O–H groups in total. The van der Waals surface area contributed by atoms with E-state index in [1.807, 2.05) is 19.1 Å². The minimum absolute atomic E-state index is 0.162. The number of ether oxygens (including phenoxy) is 1. The van der Waals surface area contributed by atoms with Crippen LogP contribution in [0.25, 0.3) is 0 Å². The molecule has 1 aliphatic carbocycles.